The van der Waals surface area contributed by atoms with E-state index in [2.05, 4.69) is 21.2 Å². The number of carbonyl (C=O) groups is 1. The molecule has 0 aromatic heterocycles. The van der Waals surface area contributed by atoms with Crippen LogP contribution in [-0.4, -0.2) is 5.91 Å². The van der Waals surface area contributed by atoms with E-state index in [1.807, 2.05) is 0 Å². The van der Waals surface area contributed by atoms with Gasteiger partial charge in [0.2, 0.25) is 0 Å². The van der Waals surface area contributed by atoms with Crippen LogP contribution in [0.5, 0.6) is 0 Å². The highest BCUT2D eigenvalue weighted by Crippen LogP contribution is 2.34. The summed E-state index contributed by atoms with van der Waals surface area (Å²) in [6, 6.07) is 8.10. The van der Waals surface area contributed by atoms with Crippen molar-refractivity contribution in [3.63, 3.8) is 0 Å². The predicted octanol–water partition coefficient (Wildman–Crippen LogP) is 4.86. The van der Waals surface area contributed by atoms with Gasteiger partial charge in [0.1, 0.15) is 5.82 Å². The quantitative estimate of drug-likeness (QED) is 0.760. The zero-order valence-electron chi connectivity index (χ0n) is 10.3. The lowest BCUT2D eigenvalue weighted by atomic mass is 10.1. The molecule has 110 valence electrons. The summed E-state index contributed by atoms with van der Waals surface area (Å²) in [4.78, 5) is 11.9. The number of amides is 1. The molecule has 2 aromatic rings. The highest BCUT2D eigenvalue weighted by atomic mass is 79.9. The lowest BCUT2D eigenvalue weighted by molar-refractivity contribution is -0.137. The number of hydrogen-bond acceptors (Lipinski definition) is 1. The fraction of sp³-hybridized carbons (Fsp3) is 0.0714. The first kappa shape index (κ1) is 15.5. The third-order valence-corrected chi connectivity index (χ3v) is 3.32. The minimum absolute atomic E-state index is 0.0574. The first-order valence-corrected chi connectivity index (χ1v) is 6.51. The molecule has 21 heavy (non-hydrogen) atoms. The van der Waals surface area contributed by atoms with Gasteiger partial charge in [-0.2, -0.15) is 13.2 Å². The van der Waals surface area contributed by atoms with Crippen molar-refractivity contribution in [2.45, 2.75) is 6.18 Å². The van der Waals surface area contributed by atoms with Crippen molar-refractivity contribution in [1.29, 1.82) is 0 Å². The van der Waals surface area contributed by atoms with Gasteiger partial charge in [-0.25, -0.2) is 4.39 Å². The second-order valence-electron chi connectivity index (χ2n) is 4.13. The largest absolute Gasteiger partial charge is 0.416 e. The van der Waals surface area contributed by atoms with Gasteiger partial charge in [-0.3, -0.25) is 4.79 Å². The van der Waals surface area contributed by atoms with Crippen molar-refractivity contribution < 1.29 is 22.4 Å². The van der Waals surface area contributed by atoms with Crippen LogP contribution in [0.2, 0.25) is 0 Å². The van der Waals surface area contributed by atoms with Gasteiger partial charge in [0.05, 0.1) is 16.8 Å². The summed E-state index contributed by atoms with van der Waals surface area (Å²) in [6.45, 7) is 0. The third-order valence-electron chi connectivity index (χ3n) is 2.66. The Morgan fingerprint density at radius 1 is 1.10 bits per heavy atom. The van der Waals surface area contributed by atoms with Crippen LogP contribution in [0.1, 0.15) is 15.9 Å². The van der Waals surface area contributed by atoms with Gasteiger partial charge >= 0.3 is 6.18 Å². The summed E-state index contributed by atoms with van der Waals surface area (Å²) in [7, 11) is 0. The van der Waals surface area contributed by atoms with E-state index in [-0.39, 0.29) is 15.7 Å². The van der Waals surface area contributed by atoms with E-state index in [0.717, 1.165) is 24.3 Å². The van der Waals surface area contributed by atoms with Crippen LogP contribution < -0.4 is 5.32 Å². The molecule has 0 spiro atoms. The van der Waals surface area contributed by atoms with Crippen LogP contribution >= 0.6 is 15.9 Å². The van der Waals surface area contributed by atoms with E-state index >= 15 is 0 Å². The summed E-state index contributed by atoms with van der Waals surface area (Å²) in [5, 5.41) is 2.35. The van der Waals surface area contributed by atoms with E-state index in [1.54, 1.807) is 0 Å². The van der Waals surface area contributed by atoms with E-state index in [9.17, 15) is 22.4 Å². The van der Waals surface area contributed by atoms with Gasteiger partial charge in [0.15, 0.2) is 0 Å². The SMILES string of the molecule is O=C(Nc1ccc(C(F)(F)F)cc1Br)c1ccccc1F. The van der Waals surface area contributed by atoms with Gasteiger partial charge in [-0.15, -0.1) is 0 Å². The van der Waals surface area contributed by atoms with Crippen molar-refractivity contribution in [2.24, 2.45) is 0 Å². The second kappa shape index (κ2) is 5.85. The Morgan fingerprint density at radius 2 is 1.76 bits per heavy atom. The molecule has 0 aliphatic carbocycles. The molecular weight excluding hydrogens is 354 g/mol. The zero-order valence-corrected chi connectivity index (χ0v) is 11.9. The number of rotatable bonds is 2. The number of benzene rings is 2. The fourth-order valence-electron chi connectivity index (χ4n) is 1.63. The van der Waals surface area contributed by atoms with Crippen molar-refractivity contribution in [2.75, 3.05) is 5.32 Å². The monoisotopic (exact) mass is 361 g/mol. The molecule has 2 aromatic carbocycles. The van der Waals surface area contributed by atoms with E-state index < -0.39 is 23.5 Å². The summed E-state index contributed by atoms with van der Waals surface area (Å²) in [5.41, 5.74) is -0.918. The number of anilines is 1. The van der Waals surface area contributed by atoms with Gasteiger partial charge in [-0.05, 0) is 46.3 Å². The normalized spacial score (nSPS) is 11.3. The molecule has 0 saturated heterocycles. The minimum Gasteiger partial charge on any atom is -0.321 e. The highest BCUT2D eigenvalue weighted by Gasteiger charge is 2.30. The summed E-state index contributed by atoms with van der Waals surface area (Å²) in [5.74, 6) is -1.45. The Balaban J connectivity index is 2.25. The first-order chi connectivity index (χ1) is 9.79. The van der Waals surface area contributed by atoms with Crippen LogP contribution in [0.25, 0.3) is 0 Å². The number of carbonyl (C=O) groups excluding carboxylic acids is 1. The third kappa shape index (κ3) is 3.60. The average Bonchev–Trinajstić information content (AvgIpc) is 2.40. The molecule has 1 N–H and O–H groups in total. The topological polar surface area (TPSA) is 29.1 Å². The molecule has 2 nitrogen and oxygen atoms in total. The van der Waals surface area contributed by atoms with Crippen molar-refractivity contribution in [3.05, 3.63) is 63.9 Å². The molecule has 0 aliphatic rings. The fourth-order valence-corrected chi connectivity index (χ4v) is 2.11. The Bertz CT molecular complexity index is 685. The second-order valence-corrected chi connectivity index (χ2v) is 4.98. The molecule has 0 heterocycles. The molecule has 0 radical (unpaired) electrons. The molecule has 7 heteroatoms. The Labute approximate surface area is 125 Å². The lowest BCUT2D eigenvalue weighted by Gasteiger charge is -2.11. The maximum absolute atomic E-state index is 13.4. The predicted molar refractivity (Wildman–Crippen MR) is 73.5 cm³/mol. The molecule has 0 atom stereocenters. The molecule has 2 rings (SSSR count). The lowest BCUT2D eigenvalue weighted by Crippen LogP contribution is -2.14. The molecule has 0 bridgehead atoms. The molecule has 1 amide bonds. The van der Waals surface area contributed by atoms with E-state index in [1.165, 1.54) is 18.2 Å². The maximum Gasteiger partial charge on any atom is 0.416 e. The summed E-state index contributed by atoms with van der Waals surface area (Å²) in [6.07, 6.45) is -4.48. The van der Waals surface area contributed by atoms with E-state index in [0.29, 0.717) is 0 Å². The molecule has 0 aliphatic heterocycles. The summed E-state index contributed by atoms with van der Waals surface area (Å²) >= 11 is 2.95. The number of nitrogens with one attached hydrogen (secondary N) is 1. The Kier molecular flexibility index (Phi) is 4.32. The average molecular weight is 362 g/mol. The van der Waals surface area contributed by atoms with Crippen LogP contribution in [0.3, 0.4) is 0 Å². The standard InChI is InChI=1S/C14H8BrF4NO/c15-10-7-8(14(17,18)19)5-6-12(10)20-13(21)9-3-1-2-4-11(9)16/h1-7H,(H,20,21). The van der Waals surface area contributed by atoms with Crippen LogP contribution in [0, 0.1) is 5.82 Å². The van der Waals surface area contributed by atoms with Gasteiger partial charge in [0.25, 0.3) is 5.91 Å². The molecule has 0 saturated carbocycles. The van der Waals surface area contributed by atoms with Gasteiger partial charge in [0, 0.05) is 4.47 Å². The van der Waals surface area contributed by atoms with Gasteiger partial charge < -0.3 is 5.32 Å². The smallest absolute Gasteiger partial charge is 0.321 e. The minimum atomic E-state index is -4.48. The van der Waals surface area contributed by atoms with Gasteiger partial charge in [-0.1, -0.05) is 12.1 Å². The summed E-state index contributed by atoms with van der Waals surface area (Å²) < 4.78 is 51.1. The van der Waals surface area contributed by atoms with Crippen LogP contribution in [-0.2, 0) is 6.18 Å². The first-order valence-electron chi connectivity index (χ1n) is 5.71. The highest BCUT2D eigenvalue weighted by molar-refractivity contribution is 9.10. The number of hydrogen-bond donors (Lipinski definition) is 1. The van der Waals surface area contributed by atoms with Crippen LogP contribution in [0.4, 0.5) is 23.2 Å². The zero-order chi connectivity index (χ0) is 15.6. The van der Waals surface area contributed by atoms with Crippen LogP contribution in [0.15, 0.2) is 46.9 Å². The Hall–Kier alpha value is -1.89. The van der Waals surface area contributed by atoms with Crippen molar-refractivity contribution in [1.82, 2.24) is 0 Å². The Morgan fingerprint density at radius 3 is 2.33 bits per heavy atom. The van der Waals surface area contributed by atoms with E-state index in [4.69, 9.17) is 0 Å². The maximum atomic E-state index is 13.4. The number of alkyl halides is 3. The molecule has 0 fully saturated rings. The molecular formula is C14H8BrF4NO. The molecule has 0 unspecified atom stereocenters. The van der Waals surface area contributed by atoms with Crippen molar-refractivity contribution in [3.8, 4) is 0 Å². The number of halogens is 5. The van der Waals surface area contributed by atoms with Crippen molar-refractivity contribution >= 4 is 27.5 Å².